The molecule has 1 aromatic rings. The highest BCUT2D eigenvalue weighted by atomic mass is 35.5. The molecule has 1 aromatic carbocycles. The maximum atomic E-state index is 11.7. The molecule has 0 spiro atoms. The van der Waals surface area contributed by atoms with Gasteiger partial charge in [-0.05, 0) is 6.07 Å². The molecule has 0 aliphatic carbocycles. The molecule has 19 heavy (non-hydrogen) atoms. The van der Waals surface area contributed by atoms with Gasteiger partial charge >= 0.3 is 0 Å². The lowest BCUT2D eigenvalue weighted by Gasteiger charge is -2.11. The van der Waals surface area contributed by atoms with Crippen LogP contribution in [0.1, 0.15) is 0 Å². The summed E-state index contributed by atoms with van der Waals surface area (Å²) in [7, 11) is 0. The standard InChI is InChI=1S/C11H8Cl2N4OS/c1-2-3-14-5-8(18)15-9-6(12)4-7(13)10-11(9)17-19-16-10/h1,4,14H,3,5H2,(H,15,18). The van der Waals surface area contributed by atoms with Crippen molar-refractivity contribution < 1.29 is 4.79 Å². The van der Waals surface area contributed by atoms with Crippen molar-refractivity contribution in [3.8, 4) is 12.3 Å². The van der Waals surface area contributed by atoms with E-state index in [1.807, 2.05) is 0 Å². The first-order valence-corrected chi connectivity index (χ1v) is 6.66. The number of anilines is 1. The van der Waals surface area contributed by atoms with E-state index in [2.05, 4.69) is 25.3 Å². The first-order chi connectivity index (χ1) is 9.13. The Labute approximate surface area is 123 Å². The summed E-state index contributed by atoms with van der Waals surface area (Å²) in [5, 5.41) is 6.16. The highest BCUT2D eigenvalue weighted by molar-refractivity contribution is 7.58. The van der Waals surface area contributed by atoms with Gasteiger partial charge in [-0.3, -0.25) is 10.1 Å². The maximum absolute atomic E-state index is 11.7. The Morgan fingerprint density at radius 2 is 2.11 bits per heavy atom. The molecule has 0 atom stereocenters. The second-order valence-electron chi connectivity index (χ2n) is 3.53. The van der Waals surface area contributed by atoms with Crippen LogP contribution >= 0.6 is 23.2 Å². The van der Waals surface area contributed by atoms with Gasteiger partial charge in [-0.1, -0.05) is 29.1 Å². The molecule has 0 bridgehead atoms. The predicted octanol–water partition coefficient (Wildman–Crippen LogP) is 2.88. The summed E-state index contributed by atoms with van der Waals surface area (Å²) in [6.07, 6.45) is 5.07. The van der Waals surface area contributed by atoms with Crippen molar-refractivity contribution in [1.82, 2.24) is 5.32 Å². The second-order valence-corrected chi connectivity index (χ2v) is 4.88. The number of hydrogen-bond acceptors (Lipinski definition) is 4. The quantitative estimate of drug-likeness (QED) is 0.673. The summed E-state index contributed by atoms with van der Waals surface area (Å²) >= 11 is 13.0. The molecule has 0 aromatic heterocycles. The van der Waals surface area contributed by atoms with E-state index in [-0.39, 0.29) is 12.5 Å². The van der Waals surface area contributed by atoms with E-state index in [1.165, 1.54) is 6.07 Å². The highest BCUT2D eigenvalue weighted by Crippen LogP contribution is 2.47. The van der Waals surface area contributed by atoms with Crippen molar-refractivity contribution in [2.75, 3.05) is 18.4 Å². The normalized spacial score (nSPS) is 11.6. The Hall–Kier alpha value is -1.39. The molecule has 2 rings (SSSR count). The number of carbonyl (C=O) groups excluding carboxylic acids is 1. The number of carbonyl (C=O) groups is 1. The van der Waals surface area contributed by atoms with Gasteiger partial charge in [-0.15, -0.1) is 6.42 Å². The number of fused-ring (bicyclic) bond motifs is 1. The van der Waals surface area contributed by atoms with Crippen molar-refractivity contribution in [2.24, 2.45) is 8.73 Å². The zero-order chi connectivity index (χ0) is 13.8. The minimum absolute atomic E-state index is 0.0855. The van der Waals surface area contributed by atoms with E-state index in [0.717, 1.165) is 11.4 Å². The van der Waals surface area contributed by atoms with E-state index in [0.29, 0.717) is 33.7 Å². The number of nitrogens with zero attached hydrogens (tertiary/aromatic N) is 2. The number of halogens is 2. The van der Waals surface area contributed by atoms with Gasteiger partial charge in [0, 0.05) is 0 Å². The molecule has 98 valence electrons. The van der Waals surface area contributed by atoms with E-state index >= 15 is 0 Å². The van der Waals surface area contributed by atoms with Crippen molar-refractivity contribution in [3.05, 3.63) is 16.1 Å². The molecule has 1 heterocycles. The predicted molar refractivity (Wildman–Crippen MR) is 78.3 cm³/mol. The van der Waals surface area contributed by atoms with Crippen LogP contribution in [-0.2, 0) is 16.1 Å². The van der Waals surface area contributed by atoms with Crippen molar-refractivity contribution in [2.45, 2.75) is 0 Å². The minimum atomic E-state index is -0.270. The lowest BCUT2D eigenvalue weighted by Crippen LogP contribution is -2.28. The lowest BCUT2D eigenvalue weighted by atomic mass is 10.2. The molecular weight excluding hydrogens is 307 g/mol. The van der Waals surface area contributed by atoms with Gasteiger partial charge in [0.25, 0.3) is 0 Å². The molecule has 2 N–H and O–H groups in total. The monoisotopic (exact) mass is 314 g/mol. The minimum Gasteiger partial charge on any atom is -0.322 e. The Morgan fingerprint density at radius 1 is 1.37 bits per heavy atom. The van der Waals surface area contributed by atoms with Crippen LogP contribution in [0.5, 0.6) is 0 Å². The van der Waals surface area contributed by atoms with Crippen LogP contribution in [0, 0.1) is 12.3 Å². The van der Waals surface area contributed by atoms with Gasteiger partial charge in [-0.2, -0.15) is 8.73 Å². The smallest absolute Gasteiger partial charge is 0.238 e. The summed E-state index contributed by atoms with van der Waals surface area (Å²) < 4.78 is 8.13. The van der Waals surface area contributed by atoms with Crippen LogP contribution in [-0.4, -0.2) is 19.0 Å². The summed E-state index contributed by atoms with van der Waals surface area (Å²) in [5.41, 5.74) is 1.40. The summed E-state index contributed by atoms with van der Waals surface area (Å²) in [6.45, 7) is 0.400. The first kappa shape index (κ1) is 14.0. The number of terminal acetylenes is 1. The van der Waals surface area contributed by atoms with E-state index in [4.69, 9.17) is 29.6 Å². The molecule has 8 heteroatoms. The molecule has 0 fully saturated rings. The lowest BCUT2D eigenvalue weighted by molar-refractivity contribution is -0.115. The number of benzene rings is 1. The Morgan fingerprint density at radius 3 is 2.84 bits per heavy atom. The third kappa shape index (κ3) is 3.14. The van der Waals surface area contributed by atoms with Gasteiger partial charge in [0.1, 0.15) is 11.4 Å². The van der Waals surface area contributed by atoms with E-state index < -0.39 is 0 Å². The van der Waals surface area contributed by atoms with Crippen LogP contribution in [0.3, 0.4) is 0 Å². The largest absolute Gasteiger partial charge is 0.322 e. The molecule has 1 aliphatic heterocycles. The topological polar surface area (TPSA) is 65.8 Å². The Bertz CT molecular complexity index is 647. The van der Waals surface area contributed by atoms with Gasteiger partial charge in [0.05, 0.1) is 40.2 Å². The zero-order valence-electron chi connectivity index (χ0n) is 9.54. The Kier molecular flexibility index (Phi) is 4.56. The molecule has 5 nitrogen and oxygen atoms in total. The van der Waals surface area contributed by atoms with Gasteiger partial charge < -0.3 is 5.32 Å². The van der Waals surface area contributed by atoms with Crippen LogP contribution in [0.2, 0.25) is 10.0 Å². The average Bonchev–Trinajstić information content (AvgIpc) is 2.84. The van der Waals surface area contributed by atoms with Crippen LogP contribution in [0.15, 0.2) is 14.8 Å². The fourth-order valence-electron chi connectivity index (χ4n) is 1.42. The third-order valence-electron chi connectivity index (χ3n) is 2.22. The number of hydrogen-bond donors (Lipinski definition) is 2. The summed E-state index contributed by atoms with van der Waals surface area (Å²) in [4.78, 5) is 11.7. The number of rotatable bonds is 4. The third-order valence-corrected chi connectivity index (χ3v) is 3.34. The number of nitrogens with one attached hydrogen (secondary N) is 2. The molecule has 0 radical (unpaired) electrons. The highest BCUT2D eigenvalue weighted by Gasteiger charge is 2.19. The molecule has 1 aliphatic rings. The van der Waals surface area contributed by atoms with Crippen molar-refractivity contribution in [1.29, 1.82) is 0 Å². The second kappa shape index (κ2) is 6.17. The molecule has 1 amide bonds. The first-order valence-electron chi connectivity index (χ1n) is 5.17. The van der Waals surface area contributed by atoms with Gasteiger partial charge in [-0.25, -0.2) is 0 Å². The van der Waals surface area contributed by atoms with Crippen LogP contribution in [0.25, 0.3) is 0 Å². The summed E-state index contributed by atoms with van der Waals surface area (Å²) in [6, 6.07) is 1.53. The number of amides is 1. The molecule has 0 saturated carbocycles. The average molecular weight is 315 g/mol. The van der Waals surface area contributed by atoms with E-state index in [9.17, 15) is 4.79 Å². The summed E-state index contributed by atoms with van der Waals surface area (Å²) in [5.74, 6) is 2.11. The van der Waals surface area contributed by atoms with Gasteiger partial charge in [0.15, 0.2) is 0 Å². The fourth-order valence-corrected chi connectivity index (χ4v) is 2.58. The van der Waals surface area contributed by atoms with Crippen molar-refractivity contribution >= 4 is 57.5 Å². The maximum Gasteiger partial charge on any atom is 0.238 e. The van der Waals surface area contributed by atoms with E-state index in [1.54, 1.807) is 0 Å². The molecule has 0 unspecified atom stereocenters. The molecular formula is C11H8Cl2N4OS. The van der Waals surface area contributed by atoms with Crippen LogP contribution in [0.4, 0.5) is 17.1 Å². The zero-order valence-corrected chi connectivity index (χ0v) is 11.9. The van der Waals surface area contributed by atoms with Crippen molar-refractivity contribution in [3.63, 3.8) is 0 Å². The fraction of sp³-hybridized carbons (Fsp3) is 0.182. The van der Waals surface area contributed by atoms with Crippen LogP contribution < -0.4 is 10.6 Å². The SMILES string of the molecule is C#CCNCC(=O)Nc1c(Cl)cc(Cl)c2c1N=S=N2. The Balaban J connectivity index is 2.18. The molecule has 0 saturated heterocycles. The van der Waals surface area contributed by atoms with Gasteiger partial charge in [0.2, 0.25) is 5.91 Å².